The lowest BCUT2D eigenvalue weighted by molar-refractivity contribution is -0.120. The standard InChI is InChI=1S/C16H22BrNO2/c1-16(9-19-10-16)11-20-15-5-4-12(8-14(15)17)7-13-3-2-6-18-13/h4-5,8,13,18H,2-3,6-7,9-11H2,1H3. The molecule has 0 saturated carbocycles. The largest absolute Gasteiger partial charge is 0.492 e. The van der Waals surface area contributed by atoms with E-state index in [2.05, 4.69) is 46.4 Å². The van der Waals surface area contributed by atoms with Gasteiger partial charge in [-0.3, -0.25) is 0 Å². The minimum atomic E-state index is 0.186. The maximum atomic E-state index is 5.93. The topological polar surface area (TPSA) is 30.5 Å². The average molecular weight is 340 g/mol. The summed E-state index contributed by atoms with van der Waals surface area (Å²) in [5, 5.41) is 3.54. The average Bonchev–Trinajstić information content (AvgIpc) is 2.88. The Hall–Kier alpha value is -0.580. The maximum Gasteiger partial charge on any atom is 0.133 e. The van der Waals surface area contributed by atoms with Crippen molar-refractivity contribution >= 4 is 15.9 Å². The number of ether oxygens (including phenoxy) is 2. The molecular weight excluding hydrogens is 318 g/mol. The fourth-order valence-corrected chi connectivity index (χ4v) is 3.33. The number of benzene rings is 1. The van der Waals surface area contributed by atoms with Crippen LogP contribution in [0.3, 0.4) is 0 Å². The van der Waals surface area contributed by atoms with Gasteiger partial charge < -0.3 is 14.8 Å². The van der Waals surface area contributed by atoms with E-state index in [1.807, 2.05) is 0 Å². The molecule has 3 rings (SSSR count). The van der Waals surface area contributed by atoms with Gasteiger partial charge in [-0.1, -0.05) is 13.0 Å². The SMILES string of the molecule is CC1(COc2ccc(CC3CCCN3)cc2Br)COC1. The fourth-order valence-electron chi connectivity index (χ4n) is 2.79. The quantitative estimate of drug-likeness (QED) is 0.893. The molecule has 110 valence electrons. The van der Waals surface area contributed by atoms with Crippen molar-refractivity contribution in [2.45, 2.75) is 32.2 Å². The molecule has 3 nitrogen and oxygen atoms in total. The molecule has 2 heterocycles. The molecule has 1 N–H and O–H groups in total. The van der Waals surface area contributed by atoms with E-state index in [0.717, 1.165) is 43.0 Å². The molecule has 1 atom stereocenters. The first-order chi connectivity index (χ1) is 9.65. The van der Waals surface area contributed by atoms with Gasteiger partial charge in [-0.25, -0.2) is 0 Å². The molecule has 0 aromatic heterocycles. The van der Waals surface area contributed by atoms with Gasteiger partial charge >= 0.3 is 0 Å². The van der Waals surface area contributed by atoms with Gasteiger partial charge in [0.1, 0.15) is 5.75 Å². The van der Waals surface area contributed by atoms with Crippen LogP contribution in [0.25, 0.3) is 0 Å². The van der Waals surface area contributed by atoms with Crippen LogP contribution in [-0.4, -0.2) is 32.4 Å². The molecule has 20 heavy (non-hydrogen) atoms. The molecule has 0 aliphatic carbocycles. The van der Waals surface area contributed by atoms with Crippen molar-refractivity contribution in [2.75, 3.05) is 26.4 Å². The fraction of sp³-hybridized carbons (Fsp3) is 0.625. The lowest BCUT2D eigenvalue weighted by Crippen LogP contribution is -2.44. The zero-order chi connectivity index (χ0) is 14.0. The van der Waals surface area contributed by atoms with E-state index in [0.29, 0.717) is 6.04 Å². The van der Waals surface area contributed by atoms with Gasteiger partial charge in [-0.2, -0.15) is 0 Å². The van der Waals surface area contributed by atoms with Crippen LogP contribution in [0.4, 0.5) is 0 Å². The normalized spacial score (nSPS) is 24.4. The van der Waals surface area contributed by atoms with E-state index in [4.69, 9.17) is 9.47 Å². The van der Waals surface area contributed by atoms with Crippen LogP contribution in [-0.2, 0) is 11.2 Å². The molecule has 0 bridgehead atoms. The molecular formula is C16H22BrNO2. The first-order valence-electron chi connectivity index (χ1n) is 7.37. The molecule has 1 aromatic carbocycles. The van der Waals surface area contributed by atoms with Crippen LogP contribution < -0.4 is 10.1 Å². The highest BCUT2D eigenvalue weighted by atomic mass is 79.9. The van der Waals surface area contributed by atoms with Gasteiger partial charge in [0.25, 0.3) is 0 Å². The number of nitrogens with one attached hydrogen (secondary N) is 1. The third kappa shape index (κ3) is 3.35. The summed E-state index contributed by atoms with van der Waals surface area (Å²) in [5.41, 5.74) is 1.55. The molecule has 2 fully saturated rings. The van der Waals surface area contributed by atoms with Crippen LogP contribution >= 0.6 is 15.9 Å². The van der Waals surface area contributed by atoms with Crippen molar-refractivity contribution in [3.8, 4) is 5.75 Å². The number of hydrogen-bond acceptors (Lipinski definition) is 3. The summed E-state index contributed by atoms with van der Waals surface area (Å²) < 4.78 is 12.2. The lowest BCUT2D eigenvalue weighted by atomic mass is 9.90. The maximum absolute atomic E-state index is 5.93. The zero-order valence-corrected chi connectivity index (χ0v) is 13.5. The van der Waals surface area contributed by atoms with Crippen molar-refractivity contribution in [3.05, 3.63) is 28.2 Å². The van der Waals surface area contributed by atoms with Crippen molar-refractivity contribution in [3.63, 3.8) is 0 Å². The summed E-state index contributed by atoms with van der Waals surface area (Å²) in [6, 6.07) is 7.09. The second-order valence-electron chi connectivity index (χ2n) is 6.35. The third-order valence-electron chi connectivity index (χ3n) is 4.12. The molecule has 4 heteroatoms. The number of halogens is 1. The monoisotopic (exact) mass is 339 g/mol. The highest BCUT2D eigenvalue weighted by Crippen LogP contribution is 2.31. The predicted octanol–water partition coefficient (Wildman–Crippen LogP) is 3.16. The Morgan fingerprint density at radius 1 is 1.45 bits per heavy atom. The minimum absolute atomic E-state index is 0.186. The zero-order valence-electron chi connectivity index (χ0n) is 12.0. The second kappa shape index (κ2) is 6.04. The van der Waals surface area contributed by atoms with Crippen LogP contribution in [0.2, 0.25) is 0 Å². The highest BCUT2D eigenvalue weighted by molar-refractivity contribution is 9.10. The Morgan fingerprint density at radius 3 is 2.90 bits per heavy atom. The summed E-state index contributed by atoms with van der Waals surface area (Å²) in [7, 11) is 0. The van der Waals surface area contributed by atoms with E-state index in [9.17, 15) is 0 Å². The molecule has 0 spiro atoms. The summed E-state index contributed by atoms with van der Waals surface area (Å²) in [6.45, 7) is 5.68. The predicted molar refractivity (Wildman–Crippen MR) is 83.3 cm³/mol. The number of hydrogen-bond donors (Lipinski definition) is 1. The second-order valence-corrected chi connectivity index (χ2v) is 7.21. The van der Waals surface area contributed by atoms with Gasteiger partial charge in [-0.05, 0) is 59.4 Å². The van der Waals surface area contributed by atoms with Crippen LogP contribution in [0.15, 0.2) is 22.7 Å². The van der Waals surface area contributed by atoms with E-state index in [1.54, 1.807) is 0 Å². The van der Waals surface area contributed by atoms with Crippen molar-refractivity contribution in [1.29, 1.82) is 0 Å². The highest BCUT2D eigenvalue weighted by Gasteiger charge is 2.34. The first kappa shape index (κ1) is 14.4. The van der Waals surface area contributed by atoms with Gasteiger partial charge in [0.2, 0.25) is 0 Å². The van der Waals surface area contributed by atoms with Crippen LogP contribution in [0, 0.1) is 5.41 Å². The van der Waals surface area contributed by atoms with E-state index in [-0.39, 0.29) is 5.41 Å². The Bertz CT molecular complexity index is 468. The first-order valence-corrected chi connectivity index (χ1v) is 8.16. The molecule has 2 aliphatic heterocycles. The van der Waals surface area contributed by atoms with Gasteiger partial charge in [0.05, 0.1) is 24.3 Å². The van der Waals surface area contributed by atoms with Crippen molar-refractivity contribution in [2.24, 2.45) is 5.41 Å². The van der Waals surface area contributed by atoms with Crippen molar-refractivity contribution < 1.29 is 9.47 Å². The summed E-state index contributed by atoms with van der Waals surface area (Å²) in [6.07, 6.45) is 3.69. The molecule has 2 aliphatic rings. The molecule has 2 saturated heterocycles. The van der Waals surface area contributed by atoms with E-state index in [1.165, 1.54) is 18.4 Å². The Morgan fingerprint density at radius 2 is 2.30 bits per heavy atom. The Kier molecular flexibility index (Phi) is 4.34. The van der Waals surface area contributed by atoms with Crippen LogP contribution in [0.1, 0.15) is 25.3 Å². The molecule has 0 radical (unpaired) electrons. The Balaban J connectivity index is 1.58. The van der Waals surface area contributed by atoms with Gasteiger partial charge in [0.15, 0.2) is 0 Å². The Labute approximate surface area is 129 Å². The summed E-state index contributed by atoms with van der Waals surface area (Å²) >= 11 is 3.63. The lowest BCUT2D eigenvalue weighted by Gasteiger charge is -2.37. The van der Waals surface area contributed by atoms with Gasteiger partial charge in [-0.15, -0.1) is 0 Å². The van der Waals surface area contributed by atoms with Crippen molar-refractivity contribution in [1.82, 2.24) is 5.32 Å². The van der Waals surface area contributed by atoms with Gasteiger partial charge in [0, 0.05) is 11.5 Å². The van der Waals surface area contributed by atoms with E-state index < -0.39 is 0 Å². The summed E-state index contributed by atoms with van der Waals surface area (Å²) in [4.78, 5) is 0. The summed E-state index contributed by atoms with van der Waals surface area (Å²) in [5.74, 6) is 0.932. The van der Waals surface area contributed by atoms with Crippen LogP contribution in [0.5, 0.6) is 5.75 Å². The molecule has 1 unspecified atom stereocenters. The molecule has 1 aromatic rings. The molecule has 0 amide bonds. The smallest absolute Gasteiger partial charge is 0.133 e. The third-order valence-corrected chi connectivity index (χ3v) is 4.74. The number of rotatable bonds is 5. The van der Waals surface area contributed by atoms with E-state index >= 15 is 0 Å². The minimum Gasteiger partial charge on any atom is -0.492 e.